The molecule has 3 rings (SSSR count). The zero-order valence-corrected chi connectivity index (χ0v) is 14.8. The first-order valence-electron chi connectivity index (χ1n) is 8.06. The van der Waals surface area contributed by atoms with Gasteiger partial charge in [0.05, 0.1) is 5.92 Å². The van der Waals surface area contributed by atoms with Crippen molar-refractivity contribution in [3.63, 3.8) is 0 Å². The van der Waals surface area contributed by atoms with Crippen LogP contribution < -0.4 is 10.6 Å². The first-order valence-corrected chi connectivity index (χ1v) is 8.85. The number of hydrogen-bond donors (Lipinski definition) is 1. The van der Waals surface area contributed by atoms with Gasteiger partial charge in [-0.25, -0.2) is 0 Å². The fraction of sp³-hybridized carbons (Fsp3) is 0.529. The van der Waals surface area contributed by atoms with Gasteiger partial charge in [-0.3, -0.25) is 9.59 Å². The SMILES string of the molecule is CC1CC(CN)CN1C(=O)C1CC(=O)N(c2cccc(Br)c2)C1. The van der Waals surface area contributed by atoms with Crippen molar-refractivity contribution in [2.45, 2.75) is 25.8 Å². The third kappa shape index (κ3) is 3.28. The standard InChI is InChI=1S/C17H22BrN3O2/c1-11-5-12(8-19)9-20(11)17(23)13-6-16(22)21(10-13)15-4-2-3-14(18)7-15/h2-4,7,11-13H,5-6,8-10,19H2,1H3. The van der Waals surface area contributed by atoms with Crippen molar-refractivity contribution in [2.24, 2.45) is 17.6 Å². The Balaban J connectivity index is 1.71. The van der Waals surface area contributed by atoms with E-state index >= 15 is 0 Å². The van der Waals surface area contributed by atoms with E-state index < -0.39 is 0 Å². The van der Waals surface area contributed by atoms with Crippen molar-refractivity contribution in [3.05, 3.63) is 28.7 Å². The van der Waals surface area contributed by atoms with Gasteiger partial charge in [0.2, 0.25) is 11.8 Å². The van der Waals surface area contributed by atoms with Gasteiger partial charge in [0, 0.05) is 35.7 Å². The molecule has 6 heteroatoms. The average Bonchev–Trinajstić information content (AvgIpc) is 3.09. The maximum absolute atomic E-state index is 12.8. The molecule has 23 heavy (non-hydrogen) atoms. The predicted octanol–water partition coefficient (Wildman–Crippen LogP) is 2.00. The van der Waals surface area contributed by atoms with Crippen molar-refractivity contribution >= 4 is 33.4 Å². The summed E-state index contributed by atoms with van der Waals surface area (Å²) in [5, 5.41) is 0. The van der Waals surface area contributed by atoms with E-state index in [1.165, 1.54) is 0 Å². The maximum Gasteiger partial charge on any atom is 0.228 e. The second kappa shape index (κ2) is 6.61. The average molecular weight is 380 g/mol. The Kier molecular flexibility index (Phi) is 4.73. The van der Waals surface area contributed by atoms with Crippen LogP contribution in [0.15, 0.2) is 28.7 Å². The molecule has 0 aromatic heterocycles. The Hall–Kier alpha value is -1.40. The number of carbonyl (C=O) groups excluding carboxylic acids is 2. The summed E-state index contributed by atoms with van der Waals surface area (Å²) in [6.07, 6.45) is 1.25. The maximum atomic E-state index is 12.8. The van der Waals surface area contributed by atoms with Crippen molar-refractivity contribution in [1.82, 2.24) is 4.90 Å². The number of benzene rings is 1. The molecule has 0 radical (unpaired) electrons. The van der Waals surface area contributed by atoms with Gasteiger partial charge in [0.15, 0.2) is 0 Å². The Morgan fingerprint density at radius 3 is 2.83 bits per heavy atom. The molecule has 2 fully saturated rings. The summed E-state index contributed by atoms with van der Waals surface area (Å²) in [5.41, 5.74) is 6.58. The smallest absolute Gasteiger partial charge is 0.228 e. The summed E-state index contributed by atoms with van der Waals surface area (Å²) in [4.78, 5) is 28.8. The topological polar surface area (TPSA) is 66.6 Å². The van der Waals surface area contributed by atoms with Crippen LogP contribution in [0.4, 0.5) is 5.69 Å². The number of nitrogens with zero attached hydrogens (tertiary/aromatic N) is 2. The van der Waals surface area contributed by atoms with Crippen LogP contribution in [-0.2, 0) is 9.59 Å². The van der Waals surface area contributed by atoms with E-state index in [4.69, 9.17) is 5.73 Å². The van der Waals surface area contributed by atoms with E-state index in [9.17, 15) is 9.59 Å². The minimum absolute atomic E-state index is 0.0173. The molecule has 2 aliphatic heterocycles. The monoisotopic (exact) mass is 379 g/mol. The molecule has 0 bridgehead atoms. The van der Waals surface area contributed by atoms with Crippen LogP contribution in [0.3, 0.4) is 0 Å². The van der Waals surface area contributed by atoms with E-state index in [1.807, 2.05) is 29.2 Å². The summed E-state index contributed by atoms with van der Waals surface area (Å²) in [5.74, 6) is 0.246. The Labute approximate surface area is 144 Å². The van der Waals surface area contributed by atoms with E-state index in [1.54, 1.807) is 4.90 Å². The Morgan fingerprint density at radius 1 is 1.39 bits per heavy atom. The molecular formula is C17H22BrN3O2. The number of carbonyl (C=O) groups is 2. The first kappa shape index (κ1) is 16.5. The van der Waals surface area contributed by atoms with Crippen LogP contribution in [0.25, 0.3) is 0 Å². The molecule has 3 unspecified atom stereocenters. The van der Waals surface area contributed by atoms with Crippen LogP contribution in [0.2, 0.25) is 0 Å². The molecule has 1 aromatic rings. The number of hydrogen-bond acceptors (Lipinski definition) is 3. The molecule has 0 aliphatic carbocycles. The highest BCUT2D eigenvalue weighted by Crippen LogP contribution is 2.31. The molecule has 2 amide bonds. The highest BCUT2D eigenvalue weighted by Gasteiger charge is 2.40. The number of nitrogens with two attached hydrogens (primary N) is 1. The highest BCUT2D eigenvalue weighted by atomic mass is 79.9. The Bertz CT molecular complexity index is 622. The number of likely N-dealkylation sites (tertiary alicyclic amines) is 1. The van der Waals surface area contributed by atoms with Gasteiger partial charge < -0.3 is 15.5 Å². The predicted molar refractivity (Wildman–Crippen MR) is 92.9 cm³/mol. The molecule has 124 valence electrons. The van der Waals surface area contributed by atoms with E-state index in [0.717, 1.165) is 23.1 Å². The molecule has 2 saturated heterocycles. The molecule has 0 spiro atoms. The number of rotatable bonds is 3. The van der Waals surface area contributed by atoms with Gasteiger partial charge in [-0.1, -0.05) is 22.0 Å². The fourth-order valence-electron chi connectivity index (χ4n) is 3.62. The minimum atomic E-state index is -0.250. The molecule has 2 N–H and O–H groups in total. The normalized spacial score (nSPS) is 27.8. The van der Waals surface area contributed by atoms with E-state index in [-0.39, 0.29) is 23.8 Å². The van der Waals surface area contributed by atoms with Gasteiger partial charge in [-0.2, -0.15) is 0 Å². The largest absolute Gasteiger partial charge is 0.339 e. The molecule has 3 atom stereocenters. The quantitative estimate of drug-likeness (QED) is 0.872. The lowest BCUT2D eigenvalue weighted by atomic mass is 10.1. The second-order valence-corrected chi connectivity index (χ2v) is 7.48. The highest BCUT2D eigenvalue weighted by molar-refractivity contribution is 9.10. The van der Waals surface area contributed by atoms with Gasteiger partial charge in [-0.15, -0.1) is 0 Å². The lowest BCUT2D eigenvalue weighted by Crippen LogP contribution is -2.39. The van der Waals surface area contributed by atoms with Crippen LogP contribution >= 0.6 is 15.9 Å². The van der Waals surface area contributed by atoms with Crippen molar-refractivity contribution in [2.75, 3.05) is 24.5 Å². The van der Waals surface area contributed by atoms with Crippen LogP contribution in [0.5, 0.6) is 0 Å². The summed E-state index contributed by atoms with van der Waals surface area (Å²) in [7, 11) is 0. The van der Waals surface area contributed by atoms with Crippen LogP contribution in [0.1, 0.15) is 19.8 Å². The fourth-order valence-corrected chi connectivity index (χ4v) is 4.01. The van der Waals surface area contributed by atoms with Gasteiger partial charge in [0.1, 0.15) is 0 Å². The minimum Gasteiger partial charge on any atom is -0.339 e. The molecule has 1 aromatic carbocycles. The van der Waals surface area contributed by atoms with E-state index in [0.29, 0.717) is 25.4 Å². The van der Waals surface area contributed by atoms with Gasteiger partial charge in [-0.05, 0) is 44.0 Å². The number of anilines is 1. The lowest BCUT2D eigenvalue weighted by Gasteiger charge is -2.25. The third-order valence-electron chi connectivity index (χ3n) is 4.87. The summed E-state index contributed by atoms with van der Waals surface area (Å²) in [6, 6.07) is 7.85. The van der Waals surface area contributed by atoms with Crippen LogP contribution in [0, 0.1) is 11.8 Å². The van der Waals surface area contributed by atoms with Crippen molar-refractivity contribution in [3.8, 4) is 0 Å². The molecule has 0 saturated carbocycles. The molecular weight excluding hydrogens is 358 g/mol. The van der Waals surface area contributed by atoms with Gasteiger partial charge in [0.25, 0.3) is 0 Å². The number of halogens is 1. The summed E-state index contributed by atoms with van der Waals surface area (Å²) < 4.78 is 0.927. The zero-order valence-electron chi connectivity index (χ0n) is 13.2. The van der Waals surface area contributed by atoms with Gasteiger partial charge >= 0.3 is 0 Å². The third-order valence-corrected chi connectivity index (χ3v) is 5.37. The van der Waals surface area contributed by atoms with Crippen molar-refractivity contribution in [1.29, 1.82) is 0 Å². The van der Waals surface area contributed by atoms with E-state index in [2.05, 4.69) is 22.9 Å². The van der Waals surface area contributed by atoms with Crippen LogP contribution in [-0.4, -0.2) is 42.4 Å². The summed E-state index contributed by atoms with van der Waals surface area (Å²) in [6.45, 7) is 3.86. The first-order chi connectivity index (χ1) is 11.0. The molecule has 2 aliphatic rings. The van der Waals surface area contributed by atoms with Crippen molar-refractivity contribution < 1.29 is 9.59 Å². The Morgan fingerprint density at radius 2 is 2.17 bits per heavy atom. The lowest BCUT2D eigenvalue weighted by molar-refractivity contribution is -0.136. The second-order valence-electron chi connectivity index (χ2n) is 6.56. The zero-order chi connectivity index (χ0) is 16.6. The summed E-state index contributed by atoms with van der Waals surface area (Å²) >= 11 is 3.42. The molecule has 2 heterocycles. The molecule has 5 nitrogen and oxygen atoms in total. The number of amides is 2.